The Balaban J connectivity index is 3.82. The van der Waals surface area contributed by atoms with Crippen LogP contribution in [0.4, 0.5) is 0 Å². The zero-order valence-electron chi connectivity index (χ0n) is 19.8. The van der Waals surface area contributed by atoms with Crippen LogP contribution < -0.4 is 0 Å². The van der Waals surface area contributed by atoms with E-state index in [0.717, 1.165) is 26.1 Å². The highest BCUT2D eigenvalue weighted by Crippen LogP contribution is 1.93. The maximum atomic E-state index is 5.65. The first-order chi connectivity index (χ1) is 15.3. The van der Waals surface area contributed by atoms with Gasteiger partial charge < -0.3 is 42.6 Å². The van der Waals surface area contributed by atoms with Crippen LogP contribution in [-0.2, 0) is 42.6 Å². The lowest BCUT2D eigenvalue weighted by molar-refractivity contribution is -0.0640. The lowest BCUT2D eigenvalue weighted by Gasteiger charge is -2.22. The Morgan fingerprint density at radius 1 is 0.387 bits per heavy atom. The lowest BCUT2D eigenvalue weighted by Crippen LogP contribution is -2.34. The van der Waals surface area contributed by atoms with Gasteiger partial charge in [0, 0.05) is 47.6 Å². The summed E-state index contributed by atoms with van der Waals surface area (Å²) in [7, 11) is 5.00. The second-order valence-electron chi connectivity index (χ2n) is 6.56. The standard InChI is InChI=1S/C21H45NO9/c1-23-8-4-9-30-21-31-12-7-22(5-10-26-17-19-28-15-13-24-2)6-11-27-18-20-29-16-14-25-3/h4-21H2,1-3H3. The van der Waals surface area contributed by atoms with Gasteiger partial charge in [0.2, 0.25) is 0 Å². The molecular weight excluding hydrogens is 410 g/mol. The van der Waals surface area contributed by atoms with Crippen molar-refractivity contribution in [2.24, 2.45) is 0 Å². The van der Waals surface area contributed by atoms with Gasteiger partial charge in [-0.1, -0.05) is 0 Å². The molecule has 10 heteroatoms. The fraction of sp³-hybridized carbons (Fsp3) is 1.00. The van der Waals surface area contributed by atoms with E-state index in [-0.39, 0.29) is 0 Å². The normalized spacial score (nSPS) is 11.6. The van der Waals surface area contributed by atoms with E-state index < -0.39 is 0 Å². The maximum Gasteiger partial charge on any atom is 0.146 e. The number of methoxy groups -OCH3 is 3. The van der Waals surface area contributed by atoms with Crippen LogP contribution in [0.3, 0.4) is 0 Å². The third-order valence-electron chi connectivity index (χ3n) is 4.07. The first-order valence-corrected chi connectivity index (χ1v) is 11.0. The van der Waals surface area contributed by atoms with Gasteiger partial charge in [0.25, 0.3) is 0 Å². The van der Waals surface area contributed by atoms with Crippen LogP contribution in [0.25, 0.3) is 0 Å². The molecule has 0 amide bonds. The molecule has 10 nitrogen and oxygen atoms in total. The number of rotatable bonds is 27. The molecule has 0 rings (SSSR count). The second kappa shape index (κ2) is 27.6. The Hall–Kier alpha value is -0.400. The van der Waals surface area contributed by atoms with Crippen molar-refractivity contribution in [1.82, 2.24) is 4.90 Å². The van der Waals surface area contributed by atoms with E-state index in [2.05, 4.69) is 4.90 Å². The van der Waals surface area contributed by atoms with Crippen LogP contribution >= 0.6 is 0 Å². The van der Waals surface area contributed by atoms with Gasteiger partial charge >= 0.3 is 0 Å². The SMILES string of the molecule is COCCCOCOCCN(CCOCCOCCOC)CCOCCOCCOC. The van der Waals surface area contributed by atoms with Crippen molar-refractivity contribution in [2.45, 2.75) is 6.42 Å². The maximum absolute atomic E-state index is 5.65. The van der Waals surface area contributed by atoms with Crippen LogP contribution in [0.2, 0.25) is 0 Å². The van der Waals surface area contributed by atoms with Crippen molar-refractivity contribution in [2.75, 3.05) is 134 Å². The second-order valence-corrected chi connectivity index (χ2v) is 6.56. The molecule has 0 aliphatic carbocycles. The van der Waals surface area contributed by atoms with Crippen LogP contribution in [-0.4, -0.2) is 139 Å². The van der Waals surface area contributed by atoms with Crippen molar-refractivity contribution >= 4 is 0 Å². The summed E-state index contributed by atoms with van der Waals surface area (Å²) < 4.78 is 47.9. The fourth-order valence-electron chi connectivity index (χ4n) is 2.33. The minimum absolute atomic E-state index is 0.294. The molecule has 0 aromatic carbocycles. The number of ether oxygens (including phenoxy) is 9. The average molecular weight is 456 g/mol. The first-order valence-electron chi connectivity index (χ1n) is 11.0. The Labute approximate surface area is 188 Å². The van der Waals surface area contributed by atoms with Crippen LogP contribution in [0.1, 0.15) is 6.42 Å². The quantitative estimate of drug-likeness (QED) is 0.130. The summed E-state index contributed by atoms with van der Waals surface area (Å²) in [5.41, 5.74) is 0. The average Bonchev–Trinajstić information content (AvgIpc) is 2.78. The van der Waals surface area contributed by atoms with Crippen molar-refractivity contribution in [1.29, 1.82) is 0 Å². The van der Waals surface area contributed by atoms with Crippen LogP contribution in [0.5, 0.6) is 0 Å². The molecule has 0 aromatic rings. The largest absolute Gasteiger partial charge is 0.385 e. The number of hydrogen-bond donors (Lipinski definition) is 0. The van der Waals surface area contributed by atoms with Gasteiger partial charge in [0.1, 0.15) is 6.79 Å². The van der Waals surface area contributed by atoms with Crippen LogP contribution in [0, 0.1) is 0 Å². The summed E-state index contributed by atoms with van der Waals surface area (Å²) in [6.45, 7) is 10.5. The Kier molecular flexibility index (Phi) is 27.3. The van der Waals surface area contributed by atoms with Gasteiger partial charge in [-0.25, -0.2) is 0 Å². The molecule has 0 bridgehead atoms. The molecular formula is C21H45NO9. The summed E-state index contributed by atoms with van der Waals surface area (Å²) in [5.74, 6) is 0. The van der Waals surface area contributed by atoms with Gasteiger partial charge in [0.05, 0.1) is 79.3 Å². The van der Waals surface area contributed by atoms with Gasteiger partial charge in [-0.3, -0.25) is 4.90 Å². The fourth-order valence-corrected chi connectivity index (χ4v) is 2.33. The predicted molar refractivity (Wildman–Crippen MR) is 117 cm³/mol. The van der Waals surface area contributed by atoms with E-state index in [1.807, 2.05) is 0 Å². The van der Waals surface area contributed by atoms with E-state index in [0.29, 0.717) is 92.7 Å². The molecule has 0 spiro atoms. The van der Waals surface area contributed by atoms with Crippen molar-refractivity contribution in [3.63, 3.8) is 0 Å². The predicted octanol–water partition coefficient (Wildman–Crippen LogP) is 0.675. The molecule has 0 N–H and O–H groups in total. The van der Waals surface area contributed by atoms with Crippen molar-refractivity contribution in [3.05, 3.63) is 0 Å². The monoisotopic (exact) mass is 455 g/mol. The molecule has 0 aliphatic heterocycles. The molecule has 0 atom stereocenters. The molecule has 0 aliphatic rings. The molecule has 31 heavy (non-hydrogen) atoms. The molecule has 0 saturated carbocycles. The topological polar surface area (TPSA) is 86.3 Å². The van der Waals surface area contributed by atoms with E-state index in [9.17, 15) is 0 Å². The zero-order valence-corrected chi connectivity index (χ0v) is 19.8. The van der Waals surface area contributed by atoms with E-state index in [1.165, 1.54) is 0 Å². The third-order valence-corrected chi connectivity index (χ3v) is 4.07. The Bertz CT molecular complexity index is 280. The molecule has 188 valence electrons. The Morgan fingerprint density at radius 2 is 0.774 bits per heavy atom. The molecule has 0 radical (unpaired) electrons. The molecule has 0 aromatic heterocycles. The molecule has 0 fully saturated rings. The van der Waals surface area contributed by atoms with E-state index in [4.69, 9.17) is 42.6 Å². The van der Waals surface area contributed by atoms with E-state index >= 15 is 0 Å². The van der Waals surface area contributed by atoms with Gasteiger partial charge in [-0.15, -0.1) is 0 Å². The van der Waals surface area contributed by atoms with Gasteiger partial charge in [-0.05, 0) is 6.42 Å². The number of hydrogen-bond acceptors (Lipinski definition) is 10. The minimum Gasteiger partial charge on any atom is -0.385 e. The summed E-state index contributed by atoms with van der Waals surface area (Å²) in [5, 5.41) is 0. The molecule has 0 heterocycles. The van der Waals surface area contributed by atoms with Crippen molar-refractivity contribution < 1.29 is 42.6 Å². The minimum atomic E-state index is 0.294. The highest BCUT2D eigenvalue weighted by atomic mass is 16.7. The van der Waals surface area contributed by atoms with Gasteiger partial charge in [0.15, 0.2) is 0 Å². The molecule has 0 saturated heterocycles. The smallest absolute Gasteiger partial charge is 0.146 e. The zero-order chi connectivity index (χ0) is 22.7. The van der Waals surface area contributed by atoms with Crippen LogP contribution in [0.15, 0.2) is 0 Å². The molecule has 0 unspecified atom stereocenters. The third kappa shape index (κ3) is 25.7. The van der Waals surface area contributed by atoms with Crippen molar-refractivity contribution in [3.8, 4) is 0 Å². The van der Waals surface area contributed by atoms with Gasteiger partial charge in [-0.2, -0.15) is 0 Å². The lowest BCUT2D eigenvalue weighted by atomic mass is 10.4. The highest BCUT2D eigenvalue weighted by Gasteiger charge is 2.05. The summed E-state index contributed by atoms with van der Waals surface area (Å²) in [6.07, 6.45) is 0.866. The summed E-state index contributed by atoms with van der Waals surface area (Å²) in [6, 6.07) is 0. The first kappa shape index (κ1) is 30.6. The summed E-state index contributed by atoms with van der Waals surface area (Å²) in [4.78, 5) is 2.25. The number of nitrogens with zero attached hydrogens (tertiary/aromatic N) is 1. The summed E-state index contributed by atoms with van der Waals surface area (Å²) >= 11 is 0. The highest BCUT2D eigenvalue weighted by molar-refractivity contribution is 4.57. The Morgan fingerprint density at radius 3 is 1.26 bits per heavy atom. The van der Waals surface area contributed by atoms with E-state index in [1.54, 1.807) is 21.3 Å².